The summed E-state index contributed by atoms with van der Waals surface area (Å²) < 4.78 is 11.3. The van der Waals surface area contributed by atoms with Crippen molar-refractivity contribution in [2.75, 3.05) is 13.2 Å². The van der Waals surface area contributed by atoms with E-state index in [4.69, 9.17) is 9.47 Å². The Hall–Kier alpha value is -2.89. The molecule has 0 saturated carbocycles. The van der Waals surface area contributed by atoms with Gasteiger partial charge in [-0.2, -0.15) is 0 Å². The molecule has 0 aromatic rings. The first kappa shape index (κ1) is 84.1. The van der Waals surface area contributed by atoms with Crippen molar-refractivity contribution in [3.05, 3.63) is 97.2 Å². The van der Waals surface area contributed by atoms with Gasteiger partial charge in [0.15, 0.2) is 6.29 Å². The van der Waals surface area contributed by atoms with E-state index in [0.29, 0.717) is 6.42 Å². The van der Waals surface area contributed by atoms with Crippen LogP contribution in [0.3, 0.4) is 0 Å². The van der Waals surface area contributed by atoms with Crippen molar-refractivity contribution >= 4 is 5.91 Å². The highest BCUT2D eigenvalue weighted by Crippen LogP contribution is 2.23. The van der Waals surface area contributed by atoms with Gasteiger partial charge < -0.3 is 40.3 Å². The third kappa shape index (κ3) is 56.4. The topological polar surface area (TPSA) is 149 Å². The highest BCUT2D eigenvalue weighted by atomic mass is 16.7. The van der Waals surface area contributed by atoms with E-state index in [1.54, 1.807) is 6.08 Å². The van der Waals surface area contributed by atoms with Gasteiger partial charge in [-0.1, -0.05) is 355 Å². The predicted octanol–water partition coefficient (Wildman–Crippen LogP) is 21.4. The third-order valence-corrected chi connectivity index (χ3v) is 17.6. The maximum absolute atomic E-state index is 13.2. The van der Waals surface area contributed by atoms with Gasteiger partial charge in [0, 0.05) is 6.42 Å². The first-order valence-electron chi connectivity index (χ1n) is 38.0. The Morgan fingerprint density at radius 3 is 1.08 bits per heavy atom. The Morgan fingerprint density at radius 1 is 0.393 bits per heavy atom. The number of unbranched alkanes of at least 4 members (excludes halogenated alkanes) is 42. The Kier molecular flexibility index (Phi) is 64.3. The normalized spacial score (nSPS) is 18.4. The minimum absolute atomic E-state index is 0.183. The van der Waals surface area contributed by atoms with Crippen molar-refractivity contribution in [3.8, 4) is 0 Å². The monoisotopic (exact) mass is 1250 g/mol. The van der Waals surface area contributed by atoms with Gasteiger partial charge in [-0.25, -0.2) is 0 Å². The van der Waals surface area contributed by atoms with E-state index in [-0.39, 0.29) is 12.5 Å². The van der Waals surface area contributed by atoms with Crippen molar-refractivity contribution in [1.29, 1.82) is 0 Å². The lowest BCUT2D eigenvalue weighted by Gasteiger charge is -2.40. The summed E-state index contributed by atoms with van der Waals surface area (Å²) in [5, 5.41) is 54.8. The van der Waals surface area contributed by atoms with Gasteiger partial charge in [0.05, 0.1) is 25.4 Å². The molecule has 0 aromatic carbocycles. The molecule has 0 bridgehead atoms. The van der Waals surface area contributed by atoms with Crippen molar-refractivity contribution in [2.45, 2.75) is 391 Å². The molecule has 7 atom stereocenters. The van der Waals surface area contributed by atoms with Crippen molar-refractivity contribution in [3.63, 3.8) is 0 Å². The number of rotatable bonds is 66. The summed E-state index contributed by atoms with van der Waals surface area (Å²) in [6.45, 7) is 3.69. The summed E-state index contributed by atoms with van der Waals surface area (Å²) >= 11 is 0. The lowest BCUT2D eigenvalue weighted by Crippen LogP contribution is -2.60. The molecule has 1 amide bonds. The number of aliphatic hydroxyl groups is 5. The molecule has 516 valence electrons. The molecule has 1 saturated heterocycles. The van der Waals surface area contributed by atoms with Gasteiger partial charge in [0.2, 0.25) is 5.91 Å². The molecule has 6 N–H and O–H groups in total. The summed E-state index contributed by atoms with van der Waals surface area (Å²) in [5.41, 5.74) is 0. The van der Waals surface area contributed by atoms with Gasteiger partial charge in [0.25, 0.3) is 0 Å². The van der Waals surface area contributed by atoms with Gasteiger partial charge in [-0.3, -0.25) is 4.79 Å². The van der Waals surface area contributed by atoms with Crippen LogP contribution in [0.15, 0.2) is 97.2 Å². The number of aliphatic hydroxyl groups excluding tert-OH is 5. The highest BCUT2D eigenvalue weighted by molar-refractivity contribution is 5.76. The van der Waals surface area contributed by atoms with Crippen LogP contribution in [0.25, 0.3) is 0 Å². The maximum Gasteiger partial charge on any atom is 0.220 e. The molecule has 1 rings (SSSR count). The average molecular weight is 1250 g/mol. The van der Waals surface area contributed by atoms with Crippen LogP contribution in [-0.2, 0) is 14.3 Å². The maximum atomic E-state index is 13.2. The van der Waals surface area contributed by atoms with Crippen molar-refractivity contribution < 1.29 is 39.8 Å². The van der Waals surface area contributed by atoms with Crippen LogP contribution in [-0.4, -0.2) is 87.5 Å². The van der Waals surface area contributed by atoms with E-state index in [1.807, 2.05) is 6.08 Å². The molecular weight excluding hydrogens is 1100 g/mol. The lowest BCUT2D eigenvalue weighted by molar-refractivity contribution is -0.302. The van der Waals surface area contributed by atoms with Crippen LogP contribution in [0.1, 0.15) is 348 Å². The summed E-state index contributed by atoms with van der Waals surface area (Å²) in [7, 11) is 0. The Morgan fingerprint density at radius 2 is 0.708 bits per heavy atom. The second-order valence-corrected chi connectivity index (χ2v) is 26.1. The number of amides is 1. The summed E-state index contributed by atoms with van der Waals surface area (Å²) in [6.07, 6.45) is 92.5. The number of hydrogen-bond donors (Lipinski definition) is 6. The molecular formula is C80H143NO8. The molecule has 0 radical (unpaired) electrons. The van der Waals surface area contributed by atoms with E-state index in [1.165, 1.54) is 250 Å². The summed E-state index contributed by atoms with van der Waals surface area (Å²) in [6, 6.07) is -0.826. The third-order valence-electron chi connectivity index (χ3n) is 17.6. The van der Waals surface area contributed by atoms with Gasteiger partial charge in [0.1, 0.15) is 24.4 Å². The Labute approximate surface area is 549 Å². The second-order valence-electron chi connectivity index (χ2n) is 26.1. The van der Waals surface area contributed by atoms with Crippen LogP contribution in [0.5, 0.6) is 0 Å². The summed E-state index contributed by atoms with van der Waals surface area (Å²) in [4.78, 5) is 13.2. The second kappa shape index (κ2) is 68.0. The van der Waals surface area contributed by atoms with E-state index < -0.39 is 49.5 Å². The molecule has 1 aliphatic heterocycles. The fourth-order valence-electron chi connectivity index (χ4n) is 11.8. The smallest absolute Gasteiger partial charge is 0.220 e. The highest BCUT2D eigenvalue weighted by Gasteiger charge is 2.44. The molecule has 0 aromatic heterocycles. The van der Waals surface area contributed by atoms with Crippen LogP contribution < -0.4 is 5.32 Å². The van der Waals surface area contributed by atoms with Crippen molar-refractivity contribution in [1.82, 2.24) is 5.32 Å². The number of ether oxygens (including phenoxy) is 2. The van der Waals surface area contributed by atoms with E-state index >= 15 is 0 Å². The predicted molar refractivity (Wildman–Crippen MR) is 382 cm³/mol. The van der Waals surface area contributed by atoms with Gasteiger partial charge in [-0.15, -0.1) is 0 Å². The number of nitrogens with one attached hydrogen (secondary N) is 1. The standard InChI is InChI=1S/C80H143NO8/c1-3-5-7-9-11-13-15-17-19-21-23-25-27-29-31-32-33-34-35-36-37-38-39-40-41-42-44-46-48-50-52-54-56-58-60-62-64-66-68-70-76(84)81-73(72-88-80-79(87)78(86)77(85)75(71-82)89-80)74(83)69-67-65-63-61-59-57-55-53-51-49-47-45-43-30-28-26-24-22-20-18-16-14-12-10-8-6-4-2/h5,7,11,13,17,19,23,25,29,31,33-34,59,61,67,69,73-75,77-80,82-83,85-87H,3-4,6,8-10,12,14-16,18,20-22,24,26-28,30,32,35-58,60,62-66,68,70-72H2,1-2H3,(H,81,84)/b7-5-,13-11-,19-17-,25-23-,31-29-,34-33-,61-59+,69-67+. The quantitative estimate of drug-likeness (QED) is 0.0261. The van der Waals surface area contributed by atoms with Crippen LogP contribution >= 0.6 is 0 Å². The van der Waals surface area contributed by atoms with E-state index in [0.717, 1.165) is 77.0 Å². The fourth-order valence-corrected chi connectivity index (χ4v) is 11.8. The molecule has 1 heterocycles. The summed E-state index contributed by atoms with van der Waals surface area (Å²) in [5.74, 6) is -0.183. The van der Waals surface area contributed by atoms with Gasteiger partial charge >= 0.3 is 0 Å². The minimum atomic E-state index is -1.58. The number of allylic oxidation sites excluding steroid dienone is 15. The SMILES string of the molecule is CC/C=C\C/C=C\C/C=C\C/C=C\C/C=C\C/C=C\CCCCCCCCCCCCCCCCCCCCCCC(=O)NC(COC1OC(CO)C(O)C(O)C1O)C(O)/C=C/CC/C=C/CCCCCCCCCCCCCCCCCCCCCCC. The van der Waals surface area contributed by atoms with Crippen LogP contribution in [0.4, 0.5) is 0 Å². The zero-order chi connectivity index (χ0) is 64.2. The van der Waals surface area contributed by atoms with E-state index in [9.17, 15) is 30.3 Å². The number of hydrogen-bond acceptors (Lipinski definition) is 8. The number of carbonyl (C=O) groups is 1. The Bertz CT molecular complexity index is 1730. The number of carbonyl (C=O) groups excluding carboxylic acids is 1. The molecule has 1 aliphatic rings. The molecule has 9 nitrogen and oxygen atoms in total. The van der Waals surface area contributed by atoms with Crippen LogP contribution in [0, 0.1) is 0 Å². The van der Waals surface area contributed by atoms with Gasteiger partial charge in [-0.05, 0) is 83.5 Å². The van der Waals surface area contributed by atoms with Crippen molar-refractivity contribution in [2.24, 2.45) is 0 Å². The van der Waals surface area contributed by atoms with Crippen LogP contribution in [0.2, 0.25) is 0 Å². The molecule has 1 fully saturated rings. The zero-order valence-corrected chi connectivity index (χ0v) is 57.9. The van der Waals surface area contributed by atoms with E-state index in [2.05, 4.69) is 104 Å². The zero-order valence-electron chi connectivity index (χ0n) is 57.9. The minimum Gasteiger partial charge on any atom is -0.394 e. The first-order chi connectivity index (χ1) is 43.8. The molecule has 7 unspecified atom stereocenters. The molecule has 0 spiro atoms. The largest absolute Gasteiger partial charge is 0.394 e. The molecule has 0 aliphatic carbocycles. The molecule has 89 heavy (non-hydrogen) atoms. The molecule has 9 heteroatoms. The fraction of sp³-hybridized carbons (Fsp3) is 0.787. The lowest BCUT2D eigenvalue weighted by atomic mass is 9.99. The average Bonchev–Trinajstić information content (AvgIpc) is 2.42. The first-order valence-corrected chi connectivity index (χ1v) is 38.0. The Balaban J connectivity index is 2.10.